The monoisotopic (exact) mass is 292 g/mol. The van der Waals surface area contributed by atoms with Crippen LogP contribution in [0.4, 0.5) is 5.13 Å². The zero-order chi connectivity index (χ0) is 14.5. The lowest BCUT2D eigenvalue weighted by atomic mass is 10.1. The highest BCUT2D eigenvalue weighted by molar-refractivity contribution is 7.15. The second-order valence-corrected chi connectivity index (χ2v) is 5.53. The van der Waals surface area contributed by atoms with Crippen LogP contribution in [0, 0.1) is 0 Å². The van der Waals surface area contributed by atoms with E-state index in [0.717, 1.165) is 17.8 Å². The number of nitrogens with one attached hydrogen (secondary N) is 2. The molecule has 106 valence electrons. The number of carbonyl (C=O) groups is 1. The number of H-pyrrole nitrogens is 1. The number of hydrogen-bond donors (Lipinski definition) is 2. The fourth-order valence-corrected chi connectivity index (χ4v) is 2.61. The van der Waals surface area contributed by atoms with Crippen molar-refractivity contribution in [1.29, 1.82) is 0 Å². The second kappa shape index (κ2) is 6.42. The van der Waals surface area contributed by atoms with Crippen molar-refractivity contribution in [2.24, 2.45) is 0 Å². The average molecular weight is 292 g/mol. The van der Waals surface area contributed by atoms with Gasteiger partial charge in [-0.25, -0.2) is 0 Å². The number of nitrogens with zero attached hydrogens (tertiary/aromatic N) is 2. The maximum atomic E-state index is 11.9. The summed E-state index contributed by atoms with van der Waals surface area (Å²) in [7, 11) is 0. The molecule has 0 radical (unpaired) electrons. The van der Waals surface area contributed by atoms with Crippen LogP contribution in [0.5, 0.6) is 0 Å². The van der Waals surface area contributed by atoms with Gasteiger partial charge in [-0.15, -0.1) is 10.2 Å². The molecule has 0 spiro atoms. The second-order valence-electron chi connectivity index (χ2n) is 4.52. The zero-order valence-corrected chi connectivity index (χ0v) is 12.2. The van der Waals surface area contributed by atoms with E-state index in [-0.39, 0.29) is 11.3 Å². The number of aromatic amines is 1. The topological polar surface area (TPSA) is 87.7 Å². The lowest BCUT2D eigenvalue weighted by Crippen LogP contribution is -2.17. The van der Waals surface area contributed by atoms with Gasteiger partial charge in [0.1, 0.15) is 10.7 Å². The highest BCUT2D eigenvalue weighted by atomic mass is 32.1. The third-order valence-corrected chi connectivity index (χ3v) is 3.89. The molecule has 1 atom stereocenters. The highest BCUT2D eigenvalue weighted by Gasteiger charge is 2.14. The average Bonchev–Trinajstić information content (AvgIpc) is 2.87. The highest BCUT2D eigenvalue weighted by Crippen LogP contribution is 2.26. The minimum atomic E-state index is -0.395. The summed E-state index contributed by atoms with van der Waals surface area (Å²) in [6.45, 7) is 4.20. The Morgan fingerprint density at radius 3 is 2.95 bits per heavy atom. The number of hydrogen-bond acceptors (Lipinski definition) is 5. The van der Waals surface area contributed by atoms with Crippen LogP contribution in [-0.2, 0) is 0 Å². The van der Waals surface area contributed by atoms with Gasteiger partial charge in [-0.2, -0.15) is 0 Å². The molecule has 2 aromatic rings. The molecule has 0 bridgehead atoms. The number of aromatic nitrogens is 3. The molecule has 0 aliphatic rings. The summed E-state index contributed by atoms with van der Waals surface area (Å²) in [6, 6.07) is 4.42. The van der Waals surface area contributed by atoms with Crippen LogP contribution in [0.25, 0.3) is 0 Å². The molecule has 2 heterocycles. The Labute approximate surface area is 120 Å². The Bertz CT molecular complexity index is 650. The maximum absolute atomic E-state index is 11.9. The molecule has 2 aromatic heterocycles. The summed E-state index contributed by atoms with van der Waals surface area (Å²) >= 11 is 1.36. The Balaban J connectivity index is 2.07. The van der Waals surface area contributed by atoms with Gasteiger partial charge in [-0.05, 0) is 12.5 Å². The van der Waals surface area contributed by atoms with Crippen molar-refractivity contribution >= 4 is 22.4 Å². The Morgan fingerprint density at radius 2 is 2.25 bits per heavy atom. The standard InChI is InChI=1S/C13H16N4O2S/c1-3-5-8(2)12-16-17-13(20-12)15-11(19)9-6-4-7-10(18)14-9/h4,6-8H,3,5H2,1-2H3,(H,14,18)(H,15,17,19)/t8-/m0/s1. The van der Waals surface area contributed by atoms with E-state index >= 15 is 0 Å². The van der Waals surface area contributed by atoms with Gasteiger partial charge in [0.2, 0.25) is 10.7 Å². The Morgan fingerprint density at radius 1 is 1.45 bits per heavy atom. The summed E-state index contributed by atoms with van der Waals surface area (Å²) in [5.41, 5.74) is -0.108. The van der Waals surface area contributed by atoms with E-state index in [4.69, 9.17) is 0 Å². The van der Waals surface area contributed by atoms with Gasteiger partial charge in [0.15, 0.2) is 0 Å². The first-order valence-corrected chi connectivity index (χ1v) is 7.26. The number of pyridine rings is 1. The first kappa shape index (κ1) is 14.4. The van der Waals surface area contributed by atoms with Gasteiger partial charge in [0, 0.05) is 12.0 Å². The third kappa shape index (κ3) is 3.51. The van der Waals surface area contributed by atoms with Gasteiger partial charge >= 0.3 is 0 Å². The normalized spacial score (nSPS) is 12.1. The molecule has 0 fully saturated rings. The molecule has 1 amide bonds. The van der Waals surface area contributed by atoms with Crippen LogP contribution in [0.1, 0.15) is 48.1 Å². The summed E-state index contributed by atoms with van der Waals surface area (Å²) in [5, 5.41) is 12.0. The minimum absolute atomic E-state index is 0.204. The first-order chi connectivity index (χ1) is 9.60. The summed E-state index contributed by atoms with van der Waals surface area (Å²) in [6.07, 6.45) is 2.11. The van der Waals surface area contributed by atoms with Crippen LogP contribution in [0.15, 0.2) is 23.0 Å². The van der Waals surface area contributed by atoms with Crippen molar-refractivity contribution in [2.75, 3.05) is 5.32 Å². The van der Waals surface area contributed by atoms with E-state index in [2.05, 4.69) is 34.3 Å². The number of rotatable bonds is 5. The quantitative estimate of drug-likeness (QED) is 0.885. The van der Waals surface area contributed by atoms with E-state index < -0.39 is 5.91 Å². The van der Waals surface area contributed by atoms with Crippen LogP contribution in [0.2, 0.25) is 0 Å². The van der Waals surface area contributed by atoms with E-state index in [0.29, 0.717) is 11.0 Å². The number of amides is 1. The molecule has 0 saturated carbocycles. The van der Waals surface area contributed by atoms with Gasteiger partial charge in [0.25, 0.3) is 5.91 Å². The molecule has 7 heteroatoms. The molecular weight excluding hydrogens is 276 g/mol. The Kier molecular flexibility index (Phi) is 4.62. The molecule has 2 rings (SSSR count). The summed E-state index contributed by atoms with van der Waals surface area (Å²) in [5.74, 6) is -0.0618. The number of carbonyl (C=O) groups excluding carboxylic acids is 1. The predicted molar refractivity (Wildman–Crippen MR) is 78.2 cm³/mol. The third-order valence-electron chi connectivity index (χ3n) is 2.82. The lowest BCUT2D eigenvalue weighted by Gasteiger charge is -2.03. The molecule has 0 aliphatic heterocycles. The SMILES string of the molecule is CCC[C@H](C)c1nnc(NC(=O)c2cccc(=O)[nH]2)s1. The summed E-state index contributed by atoms with van der Waals surface area (Å²) in [4.78, 5) is 25.5. The first-order valence-electron chi connectivity index (χ1n) is 6.44. The fourth-order valence-electron chi connectivity index (χ4n) is 1.79. The van der Waals surface area contributed by atoms with Gasteiger partial charge in [-0.1, -0.05) is 37.7 Å². The van der Waals surface area contributed by atoms with Gasteiger partial charge < -0.3 is 4.98 Å². The lowest BCUT2D eigenvalue weighted by molar-refractivity contribution is 0.102. The van der Waals surface area contributed by atoms with Crippen molar-refractivity contribution in [2.45, 2.75) is 32.6 Å². The van der Waals surface area contributed by atoms with Gasteiger partial charge in [-0.3, -0.25) is 14.9 Å². The smallest absolute Gasteiger partial charge is 0.274 e. The van der Waals surface area contributed by atoms with E-state index in [1.807, 2.05) is 0 Å². The molecule has 2 N–H and O–H groups in total. The van der Waals surface area contributed by atoms with Crippen molar-refractivity contribution in [3.05, 3.63) is 39.3 Å². The minimum Gasteiger partial charge on any atom is -0.318 e. The van der Waals surface area contributed by atoms with Gasteiger partial charge in [0.05, 0.1) is 0 Å². The predicted octanol–water partition coefficient (Wildman–Crippen LogP) is 2.38. The molecule has 6 nitrogen and oxygen atoms in total. The van der Waals surface area contributed by atoms with Crippen molar-refractivity contribution in [3.63, 3.8) is 0 Å². The van der Waals surface area contributed by atoms with E-state index in [9.17, 15) is 9.59 Å². The van der Waals surface area contributed by atoms with Crippen LogP contribution < -0.4 is 10.9 Å². The van der Waals surface area contributed by atoms with Crippen LogP contribution >= 0.6 is 11.3 Å². The molecule has 0 aliphatic carbocycles. The molecule has 0 unspecified atom stereocenters. The molecule has 0 aromatic carbocycles. The van der Waals surface area contributed by atoms with Crippen molar-refractivity contribution in [1.82, 2.24) is 15.2 Å². The van der Waals surface area contributed by atoms with E-state index in [1.54, 1.807) is 6.07 Å². The number of anilines is 1. The van der Waals surface area contributed by atoms with Crippen LogP contribution in [-0.4, -0.2) is 21.1 Å². The van der Waals surface area contributed by atoms with Crippen molar-refractivity contribution < 1.29 is 4.79 Å². The zero-order valence-electron chi connectivity index (χ0n) is 11.3. The van der Waals surface area contributed by atoms with Crippen molar-refractivity contribution in [3.8, 4) is 0 Å². The maximum Gasteiger partial charge on any atom is 0.274 e. The molecule has 20 heavy (non-hydrogen) atoms. The van der Waals surface area contributed by atoms with Crippen LogP contribution in [0.3, 0.4) is 0 Å². The van der Waals surface area contributed by atoms with E-state index in [1.165, 1.54) is 23.5 Å². The largest absolute Gasteiger partial charge is 0.318 e. The molecular formula is C13H16N4O2S. The fraction of sp³-hybridized carbons (Fsp3) is 0.385. The molecule has 0 saturated heterocycles. The Hall–Kier alpha value is -2.02. The summed E-state index contributed by atoms with van der Waals surface area (Å²) < 4.78 is 0.